The second kappa shape index (κ2) is 9.94. The van der Waals surface area contributed by atoms with Crippen LogP contribution in [0.15, 0.2) is 48.5 Å². The topological polar surface area (TPSA) is 71.9 Å². The maximum atomic E-state index is 12.2. The van der Waals surface area contributed by atoms with E-state index in [2.05, 4.69) is 10.6 Å². The molecule has 0 spiro atoms. The number of carbonyl (C=O) groups is 2. The van der Waals surface area contributed by atoms with Gasteiger partial charge in [-0.25, -0.2) is 0 Å². The third-order valence-electron chi connectivity index (χ3n) is 4.05. The van der Waals surface area contributed by atoms with Gasteiger partial charge in [-0.3, -0.25) is 9.59 Å². The summed E-state index contributed by atoms with van der Waals surface area (Å²) in [5.74, 6) is 0.450. The van der Waals surface area contributed by atoms with Crippen molar-refractivity contribution >= 4 is 29.1 Å². The van der Waals surface area contributed by atoms with Gasteiger partial charge in [0.2, 0.25) is 0 Å². The zero-order valence-corrected chi connectivity index (χ0v) is 16.5. The van der Waals surface area contributed by atoms with Gasteiger partial charge < -0.3 is 20.3 Å². The minimum Gasteiger partial charge on any atom is -0.497 e. The number of ether oxygens (including phenoxy) is 1. The summed E-state index contributed by atoms with van der Waals surface area (Å²) in [7, 11) is 3.39. The number of halogens is 1. The molecular formula is C20H25ClN3O3+. The summed E-state index contributed by atoms with van der Waals surface area (Å²) in [6.07, 6.45) is 0. The molecule has 144 valence electrons. The first-order valence-electron chi connectivity index (χ1n) is 8.67. The van der Waals surface area contributed by atoms with Crippen LogP contribution in [0.5, 0.6) is 5.75 Å². The Hall–Kier alpha value is -2.57. The third-order valence-corrected chi connectivity index (χ3v) is 4.30. The molecule has 2 aromatic rings. The van der Waals surface area contributed by atoms with Crippen molar-refractivity contribution in [3.63, 3.8) is 0 Å². The zero-order valence-electron chi connectivity index (χ0n) is 15.7. The van der Waals surface area contributed by atoms with Gasteiger partial charge in [0.25, 0.3) is 11.8 Å². The molecule has 0 fully saturated rings. The molecule has 1 unspecified atom stereocenters. The Morgan fingerprint density at radius 2 is 1.63 bits per heavy atom. The van der Waals surface area contributed by atoms with Crippen molar-refractivity contribution < 1.29 is 19.2 Å². The molecule has 27 heavy (non-hydrogen) atoms. The smallest absolute Gasteiger partial charge is 0.279 e. The molecule has 7 heteroatoms. The van der Waals surface area contributed by atoms with Crippen molar-refractivity contribution in [2.24, 2.45) is 0 Å². The van der Waals surface area contributed by atoms with E-state index < -0.39 is 0 Å². The van der Waals surface area contributed by atoms with Crippen LogP contribution in [0.1, 0.15) is 18.5 Å². The number of hydrogen-bond acceptors (Lipinski definition) is 3. The van der Waals surface area contributed by atoms with E-state index in [0.29, 0.717) is 10.7 Å². The maximum absolute atomic E-state index is 12.2. The van der Waals surface area contributed by atoms with E-state index in [1.165, 1.54) is 0 Å². The minimum absolute atomic E-state index is 0.118. The van der Waals surface area contributed by atoms with Crippen LogP contribution in [0.4, 0.5) is 5.69 Å². The highest BCUT2D eigenvalue weighted by atomic mass is 35.5. The predicted octanol–water partition coefficient (Wildman–Crippen LogP) is 1.68. The molecule has 0 saturated carbocycles. The SMILES string of the molecule is COc1ccc(NC(=O)C[NH+](C)CC(=O)N[C@H](C)c2ccc(Cl)cc2)cc1. The summed E-state index contributed by atoms with van der Waals surface area (Å²) in [6.45, 7) is 2.30. The van der Waals surface area contributed by atoms with Crippen LogP contribution in [-0.2, 0) is 9.59 Å². The number of nitrogens with one attached hydrogen (secondary N) is 3. The largest absolute Gasteiger partial charge is 0.497 e. The van der Waals surface area contributed by atoms with Crippen molar-refractivity contribution in [3.8, 4) is 5.75 Å². The summed E-state index contributed by atoms with van der Waals surface area (Å²) < 4.78 is 5.08. The van der Waals surface area contributed by atoms with Crippen LogP contribution >= 0.6 is 11.6 Å². The number of hydrogen-bond donors (Lipinski definition) is 3. The molecular weight excluding hydrogens is 366 g/mol. The van der Waals surface area contributed by atoms with Gasteiger partial charge in [0.15, 0.2) is 13.1 Å². The Labute approximate surface area is 164 Å². The van der Waals surface area contributed by atoms with Gasteiger partial charge in [0, 0.05) is 10.7 Å². The van der Waals surface area contributed by atoms with Crippen molar-refractivity contribution in [3.05, 3.63) is 59.1 Å². The van der Waals surface area contributed by atoms with Gasteiger partial charge in [-0.2, -0.15) is 0 Å². The molecule has 2 amide bonds. The predicted molar refractivity (Wildman–Crippen MR) is 106 cm³/mol. The van der Waals surface area contributed by atoms with Crippen LogP contribution in [0, 0.1) is 0 Å². The fraction of sp³-hybridized carbons (Fsp3) is 0.300. The lowest BCUT2D eigenvalue weighted by Gasteiger charge is -2.17. The van der Waals surface area contributed by atoms with Gasteiger partial charge in [-0.05, 0) is 48.9 Å². The molecule has 2 rings (SSSR count). The van der Waals surface area contributed by atoms with Crippen LogP contribution in [0.25, 0.3) is 0 Å². The van der Waals surface area contributed by atoms with E-state index in [4.69, 9.17) is 16.3 Å². The van der Waals surface area contributed by atoms with Crippen molar-refractivity contribution in [2.75, 3.05) is 32.6 Å². The first kappa shape index (κ1) is 20.7. The number of anilines is 1. The number of rotatable bonds is 8. The Bertz CT molecular complexity index is 763. The van der Waals surface area contributed by atoms with Crippen LogP contribution in [0.3, 0.4) is 0 Å². The molecule has 0 heterocycles. The zero-order chi connectivity index (χ0) is 19.8. The van der Waals surface area contributed by atoms with E-state index in [0.717, 1.165) is 16.2 Å². The first-order chi connectivity index (χ1) is 12.9. The van der Waals surface area contributed by atoms with E-state index in [9.17, 15) is 9.59 Å². The number of likely N-dealkylation sites (N-methyl/N-ethyl adjacent to an activating group) is 1. The van der Waals surface area contributed by atoms with E-state index in [1.807, 2.05) is 19.1 Å². The average Bonchev–Trinajstić information content (AvgIpc) is 2.62. The quantitative estimate of drug-likeness (QED) is 0.642. The number of amides is 2. The summed E-state index contributed by atoms with van der Waals surface area (Å²) in [5.41, 5.74) is 1.66. The van der Waals surface area contributed by atoms with Gasteiger partial charge >= 0.3 is 0 Å². The lowest BCUT2D eigenvalue weighted by Crippen LogP contribution is -3.11. The fourth-order valence-corrected chi connectivity index (χ4v) is 2.74. The highest BCUT2D eigenvalue weighted by Crippen LogP contribution is 2.16. The Balaban J connectivity index is 1.77. The van der Waals surface area contributed by atoms with E-state index >= 15 is 0 Å². The summed E-state index contributed by atoms with van der Waals surface area (Å²) >= 11 is 5.88. The molecule has 0 aliphatic heterocycles. The summed E-state index contributed by atoms with van der Waals surface area (Å²) in [5, 5.41) is 6.40. The van der Waals surface area contributed by atoms with Gasteiger partial charge in [0.1, 0.15) is 5.75 Å². The number of methoxy groups -OCH3 is 1. The van der Waals surface area contributed by atoms with E-state index in [1.54, 1.807) is 50.6 Å². The van der Waals surface area contributed by atoms with Gasteiger partial charge in [-0.15, -0.1) is 0 Å². The lowest BCUT2D eigenvalue weighted by molar-refractivity contribution is -0.862. The van der Waals surface area contributed by atoms with Crippen LogP contribution in [-0.4, -0.2) is 39.1 Å². The molecule has 0 aliphatic carbocycles. The Kier molecular flexibility index (Phi) is 7.64. The average molecular weight is 391 g/mol. The number of quaternary nitrogens is 1. The van der Waals surface area contributed by atoms with Gasteiger partial charge in [-0.1, -0.05) is 23.7 Å². The number of benzene rings is 2. The second-order valence-corrected chi connectivity index (χ2v) is 6.86. The fourth-order valence-electron chi connectivity index (χ4n) is 2.62. The molecule has 0 aliphatic rings. The highest BCUT2D eigenvalue weighted by molar-refractivity contribution is 6.30. The molecule has 0 bridgehead atoms. The summed E-state index contributed by atoms with van der Waals surface area (Å²) in [4.78, 5) is 25.1. The number of carbonyl (C=O) groups excluding carboxylic acids is 2. The molecule has 2 atom stereocenters. The van der Waals surface area contributed by atoms with Crippen LogP contribution < -0.4 is 20.3 Å². The molecule has 3 N–H and O–H groups in total. The Morgan fingerprint density at radius 3 is 2.22 bits per heavy atom. The lowest BCUT2D eigenvalue weighted by atomic mass is 10.1. The van der Waals surface area contributed by atoms with Crippen LogP contribution in [0.2, 0.25) is 5.02 Å². The standard InChI is InChI=1S/C20H24ClN3O3/c1-14(15-4-6-16(21)7-5-15)22-19(25)12-24(2)13-20(26)23-17-8-10-18(27-3)11-9-17/h4-11,14H,12-13H2,1-3H3,(H,22,25)(H,23,26)/p+1/t14-/m1/s1. The van der Waals surface area contributed by atoms with Gasteiger partial charge in [0.05, 0.1) is 20.2 Å². The molecule has 0 aromatic heterocycles. The summed E-state index contributed by atoms with van der Waals surface area (Å²) in [6, 6.07) is 14.3. The highest BCUT2D eigenvalue weighted by Gasteiger charge is 2.16. The maximum Gasteiger partial charge on any atom is 0.279 e. The minimum atomic E-state index is -0.156. The molecule has 6 nitrogen and oxygen atoms in total. The third kappa shape index (κ3) is 6.92. The van der Waals surface area contributed by atoms with Crippen molar-refractivity contribution in [2.45, 2.75) is 13.0 Å². The first-order valence-corrected chi connectivity index (χ1v) is 9.05. The van der Waals surface area contributed by atoms with E-state index in [-0.39, 0.29) is 30.9 Å². The monoisotopic (exact) mass is 390 g/mol. The molecule has 0 radical (unpaired) electrons. The second-order valence-electron chi connectivity index (χ2n) is 6.43. The van der Waals surface area contributed by atoms with Crippen molar-refractivity contribution in [1.82, 2.24) is 5.32 Å². The molecule has 2 aromatic carbocycles. The normalized spacial score (nSPS) is 12.7. The van der Waals surface area contributed by atoms with Crippen molar-refractivity contribution in [1.29, 1.82) is 0 Å². The molecule has 0 saturated heterocycles. The Morgan fingerprint density at radius 1 is 1.04 bits per heavy atom.